The van der Waals surface area contributed by atoms with Gasteiger partial charge in [-0.05, 0) is 49.8 Å². The highest BCUT2D eigenvalue weighted by Gasteiger charge is 2.26. The number of nitrogen functional groups attached to an aromatic ring is 1. The highest BCUT2D eigenvalue weighted by Crippen LogP contribution is 2.32. The molecule has 1 amide bonds. The van der Waals surface area contributed by atoms with E-state index in [0.717, 1.165) is 31.6 Å². The molecule has 1 saturated carbocycles. The number of hydrogen-bond acceptors (Lipinski definition) is 2. The summed E-state index contributed by atoms with van der Waals surface area (Å²) in [5.74, 6) is 0.254. The third-order valence-electron chi connectivity index (χ3n) is 4.43. The van der Waals surface area contributed by atoms with Crippen molar-refractivity contribution in [1.82, 2.24) is 0 Å². The number of nitrogens with one attached hydrogen (secondary N) is 1. The Morgan fingerprint density at radius 1 is 1.33 bits per heavy atom. The summed E-state index contributed by atoms with van der Waals surface area (Å²) < 4.78 is 13.6. The van der Waals surface area contributed by atoms with Gasteiger partial charge in [-0.1, -0.05) is 26.2 Å². The third-order valence-corrected chi connectivity index (χ3v) is 4.43. The van der Waals surface area contributed by atoms with E-state index < -0.39 is 5.82 Å². The summed E-state index contributed by atoms with van der Waals surface area (Å²) in [6.45, 7) is 2.21. The summed E-state index contributed by atoms with van der Waals surface area (Å²) in [6.07, 6.45) is 7.81. The van der Waals surface area contributed by atoms with Gasteiger partial charge in [-0.25, -0.2) is 4.39 Å². The lowest BCUT2D eigenvalue weighted by Gasteiger charge is -2.27. The summed E-state index contributed by atoms with van der Waals surface area (Å²) in [5, 5.41) is 2.68. The molecular weight excluding hydrogens is 267 g/mol. The number of carbonyl (C=O) groups excluding carboxylic acids is 1. The minimum Gasteiger partial charge on any atom is -0.399 e. The zero-order valence-corrected chi connectivity index (χ0v) is 12.7. The summed E-state index contributed by atoms with van der Waals surface area (Å²) in [4.78, 5) is 12.2. The van der Waals surface area contributed by atoms with E-state index >= 15 is 0 Å². The number of amides is 1. The SMILES string of the molecule is CCCCC1CCC(C(=O)Nc2cc(N)ccc2F)CC1. The van der Waals surface area contributed by atoms with Crippen molar-refractivity contribution in [3.05, 3.63) is 24.0 Å². The van der Waals surface area contributed by atoms with Gasteiger partial charge in [0, 0.05) is 11.6 Å². The Morgan fingerprint density at radius 3 is 2.71 bits per heavy atom. The Balaban J connectivity index is 1.86. The Morgan fingerprint density at radius 2 is 2.05 bits per heavy atom. The van der Waals surface area contributed by atoms with Gasteiger partial charge >= 0.3 is 0 Å². The van der Waals surface area contributed by atoms with Crippen LogP contribution in [0.1, 0.15) is 51.9 Å². The Bertz CT molecular complexity index is 482. The molecule has 0 heterocycles. The number of unbranched alkanes of at least 4 members (excludes halogenated alkanes) is 1. The van der Waals surface area contributed by atoms with Crippen molar-refractivity contribution < 1.29 is 9.18 Å². The van der Waals surface area contributed by atoms with Gasteiger partial charge in [0.25, 0.3) is 0 Å². The van der Waals surface area contributed by atoms with Crippen LogP contribution in [0, 0.1) is 17.7 Å². The second-order valence-corrected chi connectivity index (χ2v) is 6.09. The molecule has 0 spiro atoms. The summed E-state index contributed by atoms with van der Waals surface area (Å²) in [5.41, 5.74) is 6.27. The van der Waals surface area contributed by atoms with Crippen molar-refractivity contribution >= 4 is 17.3 Å². The fourth-order valence-corrected chi connectivity index (χ4v) is 3.08. The van der Waals surface area contributed by atoms with E-state index in [1.807, 2.05) is 0 Å². The van der Waals surface area contributed by atoms with Crippen LogP contribution in [-0.4, -0.2) is 5.91 Å². The summed E-state index contributed by atoms with van der Waals surface area (Å²) in [7, 11) is 0. The maximum atomic E-state index is 13.6. The first-order chi connectivity index (χ1) is 10.1. The molecule has 0 radical (unpaired) electrons. The average molecular weight is 292 g/mol. The fraction of sp³-hybridized carbons (Fsp3) is 0.588. The van der Waals surface area contributed by atoms with Gasteiger partial charge < -0.3 is 11.1 Å². The Kier molecular flexibility index (Phi) is 5.59. The molecule has 21 heavy (non-hydrogen) atoms. The standard InChI is InChI=1S/C17H25FN2O/c1-2-3-4-12-5-7-13(8-6-12)17(21)20-16-11-14(19)9-10-15(16)18/h9-13H,2-8,19H2,1H3,(H,20,21). The zero-order valence-electron chi connectivity index (χ0n) is 12.7. The second kappa shape index (κ2) is 7.43. The van der Waals surface area contributed by atoms with Crippen LogP contribution in [-0.2, 0) is 4.79 Å². The normalized spacial score (nSPS) is 22.0. The van der Waals surface area contributed by atoms with Gasteiger partial charge in [-0.3, -0.25) is 4.79 Å². The molecule has 0 aromatic heterocycles. The van der Waals surface area contributed by atoms with E-state index in [1.54, 1.807) is 0 Å². The lowest BCUT2D eigenvalue weighted by atomic mass is 9.79. The number of benzene rings is 1. The monoisotopic (exact) mass is 292 g/mol. The van der Waals surface area contributed by atoms with Crippen LogP contribution in [0.5, 0.6) is 0 Å². The average Bonchev–Trinajstić information content (AvgIpc) is 2.49. The molecule has 0 bridgehead atoms. The second-order valence-electron chi connectivity index (χ2n) is 6.09. The quantitative estimate of drug-likeness (QED) is 0.793. The van der Waals surface area contributed by atoms with Gasteiger partial charge in [0.05, 0.1) is 5.69 Å². The van der Waals surface area contributed by atoms with Crippen LogP contribution in [0.25, 0.3) is 0 Å². The molecule has 0 saturated heterocycles. The lowest BCUT2D eigenvalue weighted by molar-refractivity contribution is -0.121. The number of hydrogen-bond donors (Lipinski definition) is 2. The largest absolute Gasteiger partial charge is 0.399 e. The summed E-state index contributed by atoms with van der Waals surface area (Å²) >= 11 is 0. The van der Waals surface area contributed by atoms with Crippen molar-refractivity contribution in [1.29, 1.82) is 0 Å². The van der Waals surface area contributed by atoms with Crippen LogP contribution in [0.3, 0.4) is 0 Å². The van der Waals surface area contributed by atoms with E-state index in [4.69, 9.17) is 5.73 Å². The first-order valence-corrected chi connectivity index (χ1v) is 7.96. The predicted octanol–water partition coefficient (Wildman–Crippen LogP) is 4.34. The number of rotatable bonds is 5. The maximum absolute atomic E-state index is 13.6. The molecular formula is C17H25FN2O. The minimum atomic E-state index is -0.436. The molecule has 1 aliphatic carbocycles. The van der Waals surface area contributed by atoms with Gasteiger partial charge in [0.15, 0.2) is 0 Å². The van der Waals surface area contributed by atoms with E-state index in [0.29, 0.717) is 5.69 Å². The van der Waals surface area contributed by atoms with Gasteiger partial charge in [0.2, 0.25) is 5.91 Å². The fourth-order valence-electron chi connectivity index (χ4n) is 3.08. The molecule has 3 nitrogen and oxygen atoms in total. The highest BCUT2D eigenvalue weighted by atomic mass is 19.1. The van der Waals surface area contributed by atoms with Crippen molar-refractivity contribution in [2.24, 2.45) is 11.8 Å². The van der Waals surface area contributed by atoms with Crippen LogP contribution in [0.2, 0.25) is 0 Å². The van der Waals surface area contributed by atoms with Crippen molar-refractivity contribution in [2.75, 3.05) is 11.1 Å². The van der Waals surface area contributed by atoms with Crippen LogP contribution >= 0.6 is 0 Å². The van der Waals surface area contributed by atoms with E-state index in [1.165, 1.54) is 37.5 Å². The molecule has 1 aromatic rings. The third kappa shape index (κ3) is 4.45. The van der Waals surface area contributed by atoms with Crippen molar-refractivity contribution in [3.8, 4) is 0 Å². The topological polar surface area (TPSA) is 55.1 Å². The number of halogens is 1. The van der Waals surface area contributed by atoms with Gasteiger partial charge in [-0.15, -0.1) is 0 Å². The maximum Gasteiger partial charge on any atom is 0.227 e. The first-order valence-electron chi connectivity index (χ1n) is 7.96. The Labute approximate surface area is 126 Å². The first kappa shape index (κ1) is 15.8. The number of nitrogens with two attached hydrogens (primary N) is 1. The molecule has 1 aliphatic rings. The number of anilines is 2. The van der Waals surface area contributed by atoms with Crippen LogP contribution in [0.4, 0.5) is 15.8 Å². The smallest absolute Gasteiger partial charge is 0.227 e. The van der Waals surface area contributed by atoms with E-state index in [-0.39, 0.29) is 17.5 Å². The molecule has 1 aromatic carbocycles. The van der Waals surface area contributed by atoms with Gasteiger partial charge in [0.1, 0.15) is 5.82 Å². The molecule has 116 valence electrons. The zero-order chi connectivity index (χ0) is 15.2. The Hall–Kier alpha value is -1.58. The lowest BCUT2D eigenvalue weighted by Crippen LogP contribution is -2.27. The predicted molar refractivity (Wildman–Crippen MR) is 84.4 cm³/mol. The molecule has 0 unspecified atom stereocenters. The van der Waals surface area contributed by atoms with E-state index in [9.17, 15) is 9.18 Å². The molecule has 0 aliphatic heterocycles. The van der Waals surface area contributed by atoms with Crippen molar-refractivity contribution in [3.63, 3.8) is 0 Å². The van der Waals surface area contributed by atoms with Crippen molar-refractivity contribution in [2.45, 2.75) is 51.9 Å². The highest BCUT2D eigenvalue weighted by molar-refractivity contribution is 5.93. The van der Waals surface area contributed by atoms with E-state index in [2.05, 4.69) is 12.2 Å². The minimum absolute atomic E-state index is 0.00343. The molecule has 2 rings (SSSR count). The summed E-state index contributed by atoms with van der Waals surface area (Å²) in [6, 6.07) is 4.25. The molecule has 3 N–H and O–H groups in total. The molecule has 1 fully saturated rings. The molecule has 4 heteroatoms. The van der Waals surface area contributed by atoms with Crippen LogP contribution < -0.4 is 11.1 Å². The van der Waals surface area contributed by atoms with Gasteiger partial charge in [-0.2, -0.15) is 0 Å². The number of carbonyl (C=O) groups is 1. The molecule has 0 atom stereocenters. The van der Waals surface area contributed by atoms with Crippen LogP contribution in [0.15, 0.2) is 18.2 Å².